The maximum Gasteiger partial charge on any atom is 0.223 e. The Morgan fingerprint density at radius 1 is 1.33 bits per heavy atom. The fraction of sp³-hybridized carbons (Fsp3) is 0.444. The number of ether oxygens (including phenoxy) is 2. The molecule has 3 aromatic heterocycles. The highest BCUT2D eigenvalue weighted by atomic mass is 16.5. The van der Waals surface area contributed by atoms with Crippen LogP contribution in [0.5, 0.6) is 5.75 Å². The number of fused-ring (bicyclic) bond motifs is 1. The van der Waals surface area contributed by atoms with Crippen molar-refractivity contribution in [1.82, 2.24) is 29.9 Å². The van der Waals surface area contributed by atoms with Gasteiger partial charge < -0.3 is 20.1 Å². The molecule has 0 radical (unpaired) electrons. The first kappa shape index (κ1) is 16.4. The number of aromatic nitrogens is 5. The minimum absolute atomic E-state index is 0.247. The lowest BCUT2D eigenvalue weighted by atomic mass is 10.0. The van der Waals surface area contributed by atoms with Gasteiger partial charge in [0, 0.05) is 24.8 Å². The average Bonchev–Trinajstić information content (AvgIpc) is 3.29. The molecule has 0 aliphatic carbocycles. The van der Waals surface area contributed by atoms with Gasteiger partial charge in [-0.05, 0) is 19.0 Å². The summed E-state index contributed by atoms with van der Waals surface area (Å²) in [5, 5.41) is 11.5. The molecule has 9 nitrogen and oxygen atoms in total. The summed E-state index contributed by atoms with van der Waals surface area (Å²) in [6, 6.07) is 4.14. The number of hydrogen-bond donors (Lipinski definition) is 2. The molecule has 140 valence electrons. The first-order chi connectivity index (χ1) is 13.3. The molecule has 27 heavy (non-hydrogen) atoms. The van der Waals surface area contributed by atoms with Crippen molar-refractivity contribution >= 4 is 11.6 Å². The van der Waals surface area contributed by atoms with Crippen LogP contribution >= 0.6 is 0 Å². The van der Waals surface area contributed by atoms with Crippen molar-refractivity contribution in [3.63, 3.8) is 0 Å². The summed E-state index contributed by atoms with van der Waals surface area (Å²) in [6.45, 7) is 3.27. The summed E-state index contributed by atoms with van der Waals surface area (Å²) in [4.78, 5) is 13.5. The van der Waals surface area contributed by atoms with Crippen LogP contribution < -0.4 is 15.4 Å². The van der Waals surface area contributed by atoms with Gasteiger partial charge in [0.15, 0.2) is 5.65 Å². The molecule has 0 amide bonds. The zero-order valence-electron chi connectivity index (χ0n) is 15.1. The molecule has 2 N–H and O–H groups in total. The fourth-order valence-corrected chi connectivity index (χ4v) is 3.46. The van der Waals surface area contributed by atoms with Crippen molar-refractivity contribution in [1.29, 1.82) is 0 Å². The molecule has 1 unspecified atom stereocenters. The minimum Gasteiger partial charge on any atom is -0.495 e. The van der Waals surface area contributed by atoms with Crippen LogP contribution in [-0.2, 0) is 4.74 Å². The molecule has 9 heteroatoms. The smallest absolute Gasteiger partial charge is 0.223 e. The first-order valence-electron chi connectivity index (χ1n) is 9.13. The molecule has 0 spiro atoms. The van der Waals surface area contributed by atoms with Crippen LogP contribution in [0.3, 0.4) is 0 Å². The van der Waals surface area contributed by atoms with E-state index in [9.17, 15) is 0 Å². The second-order valence-electron chi connectivity index (χ2n) is 6.85. The molecule has 5 heterocycles. The lowest BCUT2D eigenvalue weighted by Gasteiger charge is -2.26. The standard InChI is InChI=1S/C18H21N7O2/c1-26-15-6-16-21-8-14(25(16)24-17(15)11-9-27-10-11)13-3-5-20-18(23-13)22-12-2-4-19-7-12/h3,5-6,8,11-12,19H,2,4,7,9-10H2,1H3,(H,20,22,23). The summed E-state index contributed by atoms with van der Waals surface area (Å²) < 4.78 is 12.6. The number of rotatable bonds is 5. The van der Waals surface area contributed by atoms with Crippen molar-refractivity contribution in [2.45, 2.75) is 18.4 Å². The topological polar surface area (TPSA) is 98.5 Å². The number of nitrogens with one attached hydrogen (secondary N) is 2. The molecule has 0 bridgehead atoms. The molecule has 1 atom stereocenters. The lowest BCUT2D eigenvalue weighted by molar-refractivity contribution is 0.00530. The lowest BCUT2D eigenvalue weighted by Crippen LogP contribution is -2.27. The SMILES string of the molecule is COc1cc2ncc(-c3ccnc(NC4CCNC4)n3)n2nc1C1COC1. The van der Waals surface area contributed by atoms with Gasteiger partial charge in [-0.2, -0.15) is 5.10 Å². The van der Waals surface area contributed by atoms with E-state index >= 15 is 0 Å². The van der Waals surface area contributed by atoms with Crippen molar-refractivity contribution in [2.75, 3.05) is 38.7 Å². The summed E-state index contributed by atoms with van der Waals surface area (Å²) in [5.74, 6) is 1.61. The third-order valence-corrected chi connectivity index (χ3v) is 5.04. The van der Waals surface area contributed by atoms with Crippen molar-refractivity contribution < 1.29 is 9.47 Å². The third kappa shape index (κ3) is 2.98. The van der Waals surface area contributed by atoms with E-state index in [2.05, 4.69) is 25.6 Å². The predicted octanol–water partition coefficient (Wildman–Crippen LogP) is 1.08. The molecule has 3 aromatic rings. The quantitative estimate of drug-likeness (QED) is 0.691. The third-order valence-electron chi connectivity index (χ3n) is 5.04. The highest BCUT2D eigenvalue weighted by Crippen LogP contribution is 2.31. The van der Waals surface area contributed by atoms with Gasteiger partial charge in [0.25, 0.3) is 0 Å². The number of imidazole rings is 1. The Labute approximate surface area is 156 Å². The van der Waals surface area contributed by atoms with Crippen molar-refractivity contribution in [3.8, 4) is 17.1 Å². The zero-order chi connectivity index (χ0) is 18.2. The second-order valence-corrected chi connectivity index (χ2v) is 6.85. The van der Waals surface area contributed by atoms with Gasteiger partial charge in [-0.25, -0.2) is 19.5 Å². The molecule has 0 saturated carbocycles. The Hall–Kier alpha value is -2.78. The molecule has 5 rings (SSSR count). The Bertz CT molecular complexity index is 963. The van der Waals surface area contributed by atoms with E-state index < -0.39 is 0 Å². The highest BCUT2D eigenvalue weighted by Gasteiger charge is 2.27. The normalized spacial score (nSPS) is 20.0. The molecule has 2 fully saturated rings. The summed E-state index contributed by atoms with van der Waals surface area (Å²) in [5.41, 5.74) is 3.21. The Morgan fingerprint density at radius 2 is 2.26 bits per heavy atom. The molecule has 0 aromatic carbocycles. The average molecular weight is 367 g/mol. The number of nitrogens with zero attached hydrogens (tertiary/aromatic N) is 5. The van der Waals surface area contributed by atoms with Crippen LogP contribution in [-0.4, -0.2) is 64.0 Å². The van der Waals surface area contributed by atoms with E-state index in [-0.39, 0.29) is 5.92 Å². The van der Waals surface area contributed by atoms with Gasteiger partial charge in [0.2, 0.25) is 5.95 Å². The number of hydrogen-bond acceptors (Lipinski definition) is 8. The Kier molecular flexibility index (Phi) is 4.10. The van der Waals surface area contributed by atoms with Crippen LogP contribution in [0.2, 0.25) is 0 Å². The second kappa shape index (κ2) is 6.75. The number of methoxy groups -OCH3 is 1. The van der Waals surface area contributed by atoms with Gasteiger partial charge in [-0.1, -0.05) is 0 Å². The van der Waals surface area contributed by atoms with E-state index in [4.69, 9.17) is 14.6 Å². The molecule has 2 aliphatic rings. The maximum absolute atomic E-state index is 5.51. The first-order valence-corrected chi connectivity index (χ1v) is 9.13. The largest absolute Gasteiger partial charge is 0.495 e. The van der Waals surface area contributed by atoms with Gasteiger partial charge in [-0.15, -0.1) is 0 Å². The van der Waals surface area contributed by atoms with Crippen LogP contribution in [0, 0.1) is 0 Å². The highest BCUT2D eigenvalue weighted by molar-refractivity contribution is 5.61. The zero-order valence-corrected chi connectivity index (χ0v) is 15.1. The van der Waals surface area contributed by atoms with Crippen LogP contribution in [0.25, 0.3) is 17.0 Å². The van der Waals surface area contributed by atoms with Crippen molar-refractivity contribution in [2.24, 2.45) is 0 Å². The van der Waals surface area contributed by atoms with Crippen LogP contribution in [0.4, 0.5) is 5.95 Å². The summed E-state index contributed by atoms with van der Waals surface area (Å²) >= 11 is 0. The van der Waals surface area contributed by atoms with Gasteiger partial charge in [-0.3, -0.25) is 0 Å². The van der Waals surface area contributed by atoms with Gasteiger partial charge in [0.05, 0.1) is 38.1 Å². The van der Waals surface area contributed by atoms with Crippen molar-refractivity contribution in [3.05, 3.63) is 30.2 Å². The van der Waals surface area contributed by atoms with E-state index in [1.165, 1.54) is 0 Å². The van der Waals surface area contributed by atoms with E-state index in [0.29, 0.717) is 25.2 Å². The molecule has 2 aliphatic heterocycles. The number of anilines is 1. The van der Waals surface area contributed by atoms with E-state index in [1.807, 2.05) is 16.6 Å². The summed E-state index contributed by atoms with van der Waals surface area (Å²) in [7, 11) is 1.65. The fourth-order valence-electron chi connectivity index (χ4n) is 3.46. The monoisotopic (exact) mass is 367 g/mol. The molecular weight excluding hydrogens is 346 g/mol. The van der Waals surface area contributed by atoms with Crippen LogP contribution in [0.15, 0.2) is 24.5 Å². The summed E-state index contributed by atoms with van der Waals surface area (Å²) in [6.07, 6.45) is 4.61. The van der Waals surface area contributed by atoms with E-state index in [0.717, 1.165) is 48.0 Å². The minimum atomic E-state index is 0.247. The van der Waals surface area contributed by atoms with Gasteiger partial charge in [0.1, 0.15) is 17.1 Å². The maximum atomic E-state index is 5.51. The molecular formula is C18H21N7O2. The van der Waals surface area contributed by atoms with E-state index in [1.54, 1.807) is 19.5 Å². The Morgan fingerprint density at radius 3 is 3.00 bits per heavy atom. The predicted molar refractivity (Wildman–Crippen MR) is 99.0 cm³/mol. The van der Waals surface area contributed by atoms with Gasteiger partial charge >= 0.3 is 0 Å². The Balaban J connectivity index is 1.52. The molecule has 2 saturated heterocycles. The van der Waals surface area contributed by atoms with Crippen LogP contribution in [0.1, 0.15) is 18.0 Å².